The molecule has 18 heteroatoms. The molecule has 0 aliphatic heterocycles. The number of benzene rings is 3. The molecule has 3 aromatic carbocycles. The number of carbonyl (C=O) groups excluding carboxylic acids is 1. The Morgan fingerprint density at radius 1 is 0.642 bits per heavy atom. The second-order valence-corrected chi connectivity index (χ2v) is 15.7. The predicted molar refractivity (Wildman–Crippen MR) is 207 cm³/mol. The summed E-state index contributed by atoms with van der Waals surface area (Å²) in [7, 11) is -8.69. The Morgan fingerprint density at radius 3 is 1.43 bits per heavy atom. The number of hydrogen-bond donors (Lipinski definition) is 5. The van der Waals surface area contributed by atoms with Gasteiger partial charge in [-0.1, -0.05) is 54.6 Å². The van der Waals surface area contributed by atoms with E-state index in [1.54, 1.807) is 70.2 Å². The summed E-state index contributed by atoms with van der Waals surface area (Å²) in [5, 5.41) is 34.5. The molecule has 0 aromatic heterocycles. The Hall–Kier alpha value is -3.13. The van der Waals surface area contributed by atoms with Crippen LogP contribution in [0.1, 0.15) is 44.4 Å². The summed E-state index contributed by atoms with van der Waals surface area (Å²) in [4.78, 5) is 23.9. The third-order valence-electron chi connectivity index (χ3n) is 7.22. The molecule has 0 amide bonds. The fourth-order valence-corrected chi connectivity index (χ4v) is 8.36. The molecule has 2 atom stereocenters. The lowest BCUT2D eigenvalue weighted by molar-refractivity contribution is -0.147. The molecule has 0 bridgehead atoms. The molecule has 0 saturated heterocycles. The Bertz CT molecular complexity index is 1630. The molecular weight excluding hydrogens is 724 g/mol. The normalized spacial score (nSPS) is 12.6. The van der Waals surface area contributed by atoms with Crippen LogP contribution in [-0.2, 0) is 61.0 Å². The van der Waals surface area contributed by atoms with Crippen LogP contribution in [0.15, 0.2) is 78.9 Å². The van der Waals surface area contributed by atoms with E-state index in [1.165, 1.54) is 13.6 Å². The number of carbonyl (C=O) groups is 2. The molecule has 14 nitrogen and oxygen atoms in total. The maximum absolute atomic E-state index is 13.0. The Balaban J connectivity index is 0.000000381. The van der Waals surface area contributed by atoms with E-state index in [1.807, 2.05) is 36.4 Å². The summed E-state index contributed by atoms with van der Waals surface area (Å²) in [6.07, 6.45) is 0.372. The molecule has 53 heavy (non-hydrogen) atoms. The van der Waals surface area contributed by atoms with Crippen molar-refractivity contribution < 1.29 is 56.7 Å². The first-order valence-corrected chi connectivity index (χ1v) is 20.6. The van der Waals surface area contributed by atoms with Gasteiger partial charge in [0.2, 0.25) is 0 Å². The van der Waals surface area contributed by atoms with E-state index in [2.05, 4.69) is 10.5 Å². The molecule has 3 aromatic rings. The first-order valence-electron chi connectivity index (χ1n) is 17.5. The number of ether oxygens (including phenoxy) is 1. The van der Waals surface area contributed by atoms with Gasteiger partial charge in [-0.25, -0.2) is 0 Å². The van der Waals surface area contributed by atoms with Gasteiger partial charge >= 0.3 is 41.2 Å². The average molecular weight is 776 g/mol. The third-order valence-corrected chi connectivity index (χ3v) is 11.4. The van der Waals surface area contributed by atoms with E-state index in [-0.39, 0.29) is 45.9 Å². The summed E-state index contributed by atoms with van der Waals surface area (Å²) in [6, 6.07) is 21.2. The molecule has 0 fully saturated rings. The topological polar surface area (TPSA) is 199 Å². The van der Waals surface area contributed by atoms with Gasteiger partial charge < -0.3 is 48.4 Å². The van der Waals surface area contributed by atoms with Gasteiger partial charge in [0.1, 0.15) is 18.7 Å². The van der Waals surface area contributed by atoms with E-state index in [9.17, 15) is 33.9 Å². The lowest BCUT2D eigenvalue weighted by Crippen LogP contribution is -2.47. The van der Waals surface area contributed by atoms with Crippen LogP contribution in [0.2, 0.25) is 13.6 Å². The summed E-state index contributed by atoms with van der Waals surface area (Å²) < 4.78 is 52.6. The number of nitrogens with one attached hydrogen (secondary N) is 2. The van der Waals surface area contributed by atoms with Crippen LogP contribution in [0.4, 0.5) is 0 Å². The predicted octanol–water partition coefficient (Wildman–Crippen LogP) is 4.21. The van der Waals surface area contributed by atoms with Crippen molar-refractivity contribution in [3.05, 3.63) is 95.6 Å². The summed E-state index contributed by atoms with van der Waals surface area (Å²) in [5.41, 5.74) is 2.27. The first kappa shape index (κ1) is 46.0. The fourth-order valence-electron chi connectivity index (χ4n) is 5.07. The fraction of sp³-hybridized carbons (Fsp3) is 0.429. The van der Waals surface area contributed by atoms with Gasteiger partial charge in [0.25, 0.3) is 0 Å². The molecule has 2 unspecified atom stereocenters. The summed E-state index contributed by atoms with van der Waals surface area (Å²) >= 11 is 0. The van der Waals surface area contributed by atoms with Crippen LogP contribution < -0.4 is 21.1 Å². The molecule has 0 aliphatic carbocycles. The van der Waals surface area contributed by atoms with E-state index in [0.717, 1.165) is 11.1 Å². The van der Waals surface area contributed by atoms with Crippen molar-refractivity contribution in [2.24, 2.45) is 0 Å². The molecule has 0 aliphatic rings. The Morgan fingerprint density at radius 2 is 1.04 bits per heavy atom. The molecule has 0 spiro atoms. The zero-order valence-corrected chi connectivity index (χ0v) is 33.0. The van der Waals surface area contributed by atoms with Gasteiger partial charge in [-0.15, -0.1) is 0 Å². The standard InChI is InChI=1S/C21H29BNO6P.C14H23BNO6P/c1-4-28-30(26,29-5-2)19-13-9-12-18(14-19)15-20(23-22(3)25)21(24)27-16-17-10-7-6-8-11-17;1-4-21-23(20,22-5-2)12-8-6-7-11(9-12)10-13(14(17)18)16-15(3)19/h6-14,20,23,25H,4-5,15-16H2,1-3H3;6-9,13,16,19H,4-5,10H2,1-3H3,(H,17,18). The highest BCUT2D eigenvalue weighted by molar-refractivity contribution is 7.62. The minimum absolute atomic E-state index is 0.131. The molecule has 0 heterocycles. The highest BCUT2D eigenvalue weighted by Crippen LogP contribution is 2.47. The van der Waals surface area contributed by atoms with Crippen LogP contribution in [0.5, 0.6) is 0 Å². The van der Waals surface area contributed by atoms with Crippen molar-refractivity contribution in [3.63, 3.8) is 0 Å². The first-order chi connectivity index (χ1) is 25.2. The van der Waals surface area contributed by atoms with Crippen LogP contribution in [0.3, 0.4) is 0 Å². The van der Waals surface area contributed by atoms with Gasteiger partial charge in [-0.05, 0) is 95.1 Å². The minimum atomic E-state index is -3.43. The summed E-state index contributed by atoms with van der Waals surface area (Å²) in [5.74, 6) is -1.56. The molecule has 0 saturated carbocycles. The third kappa shape index (κ3) is 16.0. The van der Waals surface area contributed by atoms with E-state index < -0.39 is 53.3 Å². The van der Waals surface area contributed by atoms with Crippen molar-refractivity contribution in [1.29, 1.82) is 0 Å². The van der Waals surface area contributed by atoms with Gasteiger partial charge in [-0.2, -0.15) is 0 Å². The number of esters is 1. The molecule has 290 valence electrons. The number of carboxylic acid groups (broad SMARTS) is 1. The Kier molecular flexibility index (Phi) is 20.5. The molecule has 5 N–H and O–H groups in total. The maximum atomic E-state index is 13.0. The van der Waals surface area contributed by atoms with Crippen LogP contribution in [0.25, 0.3) is 0 Å². The lowest BCUT2D eigenvalue weighted by Gasteiger charge is -2.20. The summed E-state index contributed by atoms with van der Waals surface area (Å²) in [6.45, 7) is 11.1. The van der Waals surface area contributed by atoms with E-state index in [0.29, 0.717) is 16.2 Å². The quantitative estimate of drug-likeness (QED) is 0.0553. The number of aliphatic carboxylic acids is 1. The van der Waals surface area contributed by atoms with E-state index >= 15 is 0 Å². The van der Waals surface area contributed by atoms with Crippen LogP contribution in [0, 0.1) is 0 Å². The number of carboxylic acids is 1. The van der Waals surface area contributed by atoms with Crippen LogP contribution >= 0.6 is 15.2 Å². The minimum Gasteiger partial charge on any atom is -0.480 e. The van der Waals surface area contributed by atoms with Crippen molar-refractivity contribution in [3.8, 4) is 0 Å². The van der Waals surface area contributed by atoms with Crippen molar-refractivity contribution >= 4 is 51.8 Å². The van der Waals surface area contributed by atoms with Crippen molar-refractivity contribution in [2.75, 3.05) is 26.4 Å². The SMILES string of the molecule is CCOP(=O)(OCC)c1cccc(CC(NB(C)O)C(=O)O)c1.CCOP(=O)(OCC)c1cccc(CC(NB(C)O)C(=O)OCc2ccccc2)c1. The average Bonchev–Trinajstić information content (AvgIpc) is 3.11. The van der Waals surface area contributed by atoms with Gasteiger partial charge in [0.05, 0.1) is 37.0 Å². The maximum Gasteiger partial charge on any atom is 0.374 e. The lowest BCUT2D eigenvalue weighted by atomic mass is 9.86. The highest BCUT2D eigenvalue weighted by Gasteiger charge is 2.30. The van der Waals surface area contributed by atoms with Crippen molar-refractivity contribution in [2.45, 2.75) is 72.9 Å². The van der Waals surface area contributed by atoms with Crippen LogP contribution in [-0.4, -0.2) is 79.7 Å². The van der Waals surface area contributed by atoms with E-state index in [4.69, 9.17) is 22.8 Å². The second kappa shape index (κ2) is 23.6. The highest BCUT2D eigenvalue weighted by atomic mass is 31.2. The van der Waals surface area contributed by atoms with Gasteiger partial charge in [-0.3, -0.25) is 18.7 Å². The smallest absolute Gasteiger partial charge is 0.374 e. The zero-order valence-electron chi connectivity index (χ0n) is 31.2. The number of rotatable bonds is 22. The number of hydrogen-bond acceptors (Lipinski definition) is 13. The van der Waals surface area contributed by atoms with Gasteiger partial charge in [0.15, 0.2) is 0 Å². The molecular formula is C35H52B2N2O12P2. The second-order valence-electron chi connectivity index (χ2n) is 11.6. The Labute approximate surface area is 313 Å². The zero-order chi connectivity index (χ0) is 39.4. The van der Waals surface area contributed by atoms with Crippen molar-refractivity contribution in [1.82, 2.24) is 10.5 Å². The van der Waals surface area contributed by atoms with Gasteiger partial charge in [0, 0.05) is 0 Å². The molecule has 0 radical (unpaired) electrons. The largest absolute Gasteiger partial charge is 0.480 e. The molecule has 3 rings (SSSR count). The monoisotopic (exact) mass is 776 g/mol.